The van der Waals surface area contributed by atoms with Crippen LogP contribution >= 0.6 is 35.6 Å². The van der Waals surface area contributed by atoms with Crippen LogP contribution in [0.25, 0.3) is 0 Å². The van der Waals surface area contributed by atoms with Gasteiger partial charge in [-0.25, -0.2) is 0 Å². The van der Waals surface area contributed by atoms with E-state index in [-0.39, 0.29) is 35.9 Å². The zero-order valence-electron chi connectivity index (χ0n) is 14.9. The Morgan fingerprint density at radius 2 is 2.12 bits per heavy atom. The number of nitrogens with one attached hydrogen (secondary N) is 2. The number of benzene rings is 1. The van der Waals surface area contributed by atoms with E-state index in [1.807, 2.05) is 43.0 Å². The van der Waals surface area contributed by atoms with Crippen LogP contribution < -0.4 is 10.6 Å². The van der Waals surface area contributed by atoms with Gasteiger partial charge in [0.05, 0.1) is 0 Å². The Balaban J connectivity index is 0.00000312. The van der Waals surface area contributed by atoms with Gasteiger partial charge in [0.25, 0.3) is 0 Å². The molecule has 0 saturated carbocycles. The molecular weight excluding hydrogens is 451 g/mol. The van der Waals surface area contributed by atoms with E-state index in [0.717, 1.165) is 49.0 Å². The molecule has 1 amide bonds. The molecule has 2 rings (SSSR count). The second-order valence-corrected chi connectivity index (χ2v) is 6.33. The van der Waals surface area contributed by atoms with Crippen LogP contribution in [0.2, 0.25) is 5.02 Å². The highest BCUT2D eigenvalue weighted by Gasteiger charge is 2.25. The maximum atomic E-state index is 11.8. The number of amides is 1. The zero-order valence-corrected chi connectivity index (χ0v) is 18.0. The molecule has 0 aliphatic carbocycles. The molecule has 1 aliphatic rings. The molecule has 1 heterocycles. The Hall–Kier alpha value is -1.02. The minimum Gasteiger partial charge on any atom is -0.357 e. The minimum absolute atomic E-state index is 0. The van der Waals surface area contributed by atoms with Crippen LogP contribution in [0.15, 0.2) is 29.3 Å². The van der Waals surface area contributed by atoms with Gasteiger partial charge in [-0.1, -0.05) is 36.7 Å². The molecule has 2 N–H and O–H groups in total. The van der Waals surface area contributed by atoms with E-state index in [4.69, 9.17) is 11.6 Å². The summed E-state index contributed by atoms with van der Waals surface area (Å²) in [6.45, 7) is 7.01. The zero-order chi connectivity index (χ0) is 17.4. The number of halogens is 2. The number of hydrogen-bond acceptors (Lipinski definition) is 2. The maximum absolute atomic E-state index is 11.8. The number of guanidine groups is 1. The van der Waals surface area contributed by atoms with Gasteiger partial charge in [0.1, 0.15) is 0 Å². The molecule has 0 bridgehead atoms. The Morgan fingerprint density at radius 1 is 1.36 bits per heavy atom. The number of hydrogen-bond donors (Lipinski definition) is 2. The molecular formula is C18H28ClIN4O. The highest BCUT2D eigenvalue weighted by atomic mass is 127. The fourth-order valence-electron chi connectivity index (χ4n) is 2.83. The smallest absolute Gasteiger partial charge is 0.222 e. The Morgan fingerprint density at radius 3 is 2.80 bits per heavy atom. The fourth-order valence-corrected chi connectivity index (χ4v) is 3.06. The van der Waals surface area contributed by atoms with Gasteiger partial charge in [-0.3, -0.25) is 9.79 Å². The molecule has 1 unspecified atom stereocenters. The van der Waals surface area contributed by atoms with E-state index >= 15 is 0 Å². The number of carbonyl (C=O) groups excluding carboxylic acids is 1. The topological polar surface area (TPSA) is 56.7 Å². The number of carbonyl (C=O) groups is 1. The highest BCUT2D eigenvalue weighted by Crippen LogP contribution is 2.15. The summed E-state index contributed by atoms with van der Waals surface area (Å²) in [5, 5.41) is 7.50. The van der Waals surface area contributed by atoms with Crippen molar-refractivity contribution in [2.24, 2.45) is 4.99 Å². The van der Waals surface area contributed by atoms with Gasteiger partial charge >= 0.3 is 0 Å². The summed E-state index contributed by atoms with van der Waals surface area (Å²) in [5.74, 6) is 1.03. The summed E-state index contributed by atoms with van der Waals surface area (Å²) in [5.41, 5.74) is 1.11. The summed E-state index contributed by atoms with van der Waals surface area (Å²) in [7, 11) is 0. The van der Waals surface area contributed by atoms with Crippen LogP contribution in [-0.4, -0.2) is 49.0 Å². The lowest BCUT2D eigenvalue weighted by atomic mass is 10.1. The number of rotatable bonds is 6. The highest BCUT2D eigenvalue weighted by molar-refractivity contribution is 14.0. The first-order chi connectivity index (χ1) is 11.6. The van der Waals surface area contributed by atoms with E-state index in [1.54, 1.807) is 0 Å². The van der Waals surface area contributed by atoms with Gasteiger partial charge in [-0.2, -0.15) is 0 Å². The van der Waals surface area contributed by atoms with E-state index in [1.165, 1.54) is 0 Å². The van der Waals surface area contributed by atoms with Gasteiger partial charge in [-0.05, 0) is 31.4 Å². The maximum Gasteiger partial charge on any atom is 0.222 e. The molecule has 1 fully saturated rings. The molecule has 1 aliphatic heterocycles. The van der Waals surface area contributed by atoms with E-state index in [0.29, 0.717) is 13.0 Å². The van der Waals surface area contributed by atoms with Crippen LogP contribution in [0.3, 0.4) is 0 Å². The van der Waals surface area contributed by atoms with Crippen LogP contribution in [0.1, 0.15) is 32.3 Å². The van der Waals surface area contributed by atoms with Crippen LogP contribution in [-0.2, 0) is 11.2 Å². The lowest BCUT2D eigenvalue weighted by Gasteiger charge is -2.18. The minimum atomic E-state index is 0. The van der Waals surface area contributed by atoms with Gasteiger partial charge in [0.2, 0.25) is 5.91 Å². The monoisotopic (exact) mass is 478 g/mol. The van der Waals surface area contributed by atoms with Gasteiger partial charge in [0.15, 0.2) is 5.96 Å². The van der Waals surface area contributed by atoms with E-state index in [2.05, 4.69) is 15.6 Å². The molecule has 1 aromatic rings. The average molecular weight is 479 g/mol. The lowest BCUT2D eigenvalue weighted by molar-refractivity contribution is -0.129. The molecule has 0 radical (unpaired) electrons. The Kier molecular flexibility index (Phi) is 10.2. The first-order valence-electron chi connectivity index (χ1n) is 8.70. The summed E-state index contributed by atoms with van der Waals surface area (Å²) in [6, 6.07) is 8.13. The largest absolute Gasteiger partial charge is 0.357 e. The van der Waals surface area contributed by atoms with Gasteiger partial charge in [-0.15, -0.1) is 24.0 Å². The molecule has 7 heteroatoms. The van der Waals surface area contributed by atoms with Crippen LogP contribution in [0.4, 0.5) is 0 Å². The lowest BCUT2D eigenvalue weighted by Crippen LogP contribution is -2.45. The third kappa shape index (κ3) is 7.01. The predicted octanol–water partition coefficient (Wildman–Crippen LogP) is 3.07. The molecule has 0 aromatic heterocycles. The van der Waals surface area contributed by atoms with Crippen molar-refractivity contribution in [2.75, 3.05) is 26.2 Å². The van der Waals surface area contributed by atoms with Crippen molar-refractivity contribution < 1.29 is 4.79 Å². The first-order valence-corrected chi connectivity index (χ1v) is 9.07. The quantitative estimate of drug-likeness (QED) is 0.375. The SMILES string of the molecule is CCNC(=NCCc1ccccc1Cl)NC1CCN(C(=O)CC)C1.I. The molecule has 140 valence electrons. The number of nitrogens with zero attached hydrogens (tertiary/aromatic N) is 2. The van der Waals surface area contributed by atoms with Crippen molar-refractivity contribution in [3.63, 3.8) is 0 Å². The molecule has 25 heavy (non-hydrogen) atoms. The number of likely N-dealkylation sites (tertiary alicyclic amines) is 1. The van der Waals surface area contributed by atoms with Crippen molar-refractivity contribution in [3.05, 3.63) is 34.9 Å². The van der Waals surface area contributed by atoms with E-state index in [9.17, 15) is 4.79 Å². The average Bonchev–Trinajstić information content (AvgIpc) is 3.04. The fraction of sp³-hybridized carbons (Fsp3) is 0.556. The summed E-state index contributed by atoms with van der Waals surface area (Å²) in [4.78, 5) is 18.3. The van der Waals surface area contributed by atoms with Gasteiger partial charge < -0.3 is 15.5 Å². The van der Waals surface area contributed by atoms with Crippen molar-refractivity contribution in [3.8, 4) is 0 Å². The predicted molar refractivity (Wildman–Crippen MR) is 115 cm³/mol. The first kappa shape index (κ1) is 22.0. The molecule has 1 saturated heterocycles. The number of aliphatic imine (C=N–C) groups is 1. The third-order valence-corrected chi connectivity index (χ3v) is 4.51. The molecule has 0 spiro atoms. The van der Waals surface area contributed by atoms with Crippen LogP contribution in [0.5, 0.6) is 0 Å². The summed E-state index contributed by atoms with van der Waals surface area (Å²) >= 11 is 6.18. The third-order valence-electron chi connectivity index (χ3n) is 4.14. The van der Waals surface area contributed by atoms with Crippen molar-refractivity contribution >= 4 is 47.4 Å². The Labute approximate surface area is 172 Å². The second kappa shape index (κ2) is 11.6. The van der Waals surface area contributed by atoms with Crippen molar-refractivity contribution in [2.45, 2.75) is 39.2 Å². The van der Waals surface area contributed by atoms with Crippen molar-refractivity contribution in [1.29, 1.82) is 0 Å². The molecule has 1 atom stereocenters. The standard InChI is InChI=1S/C18H27ClN4O.HI/c1-3-17(24)23-12-10-15(13-23)22-18(20-4-2)21-11-9-14-7-5-6-8-16(14)19;/h5-8,15H,3-4,9-13H2,1-2H3,(H2,20,21,22);1H. The van der Waals surface area contributed by atoms with Gasteiger partial charge in [0, 0.05) is 43.7 Å². The second-order valence-electron chi connectivity index (χ2n) is 5.93. The normalized spacial score (nSPS) is 17.2. The Bertz CT molecular complexity index is 582. The van der Waals surface area contributed by atoms with E-state index < -0.39 is 0 Å². The summed E-state index contributed by atoms with van der Waals surface area (Å²) < 4.78 is 0. The van der Waals surface area contributed by atoms with Crippen LogP contribution in [0, 0.1) is 0 Å². The summed E-state index contributed by atoms with van der Waals surface area (Å²) in [6.07, 6.45) is 2.33. The molecule has 5 nitrogen and oxygen atoms in total. The van der Waals surface area contributed by atoms with Crippen molar-refractivity contribution in [1.82, 2.24) is 15.5 Å². The molecule has 1 aromatic carbocycles.